The maximum atomic E-state index is 12.6. The summed E-state index contributed by atoms with van der Waals surface area (Å²) in [5.74, 6) is -4.01. The number of amides is 3. The summed E-state index contributed by atoms with van der Waals surface area (Å²) in [6.07, 6.45) is 0. The molecule has 0 saturated heterocycles. The summed E-state index contributed by atoms with van der Waals surface area (Å²) in [6, 6.07) is 16.4. The molecule has 1 aliphatic heterocycles. The van der Waals surface area contributed by atoms with Gasteiger partial charge in [0.1, 0.15) is 0 Å². The van der Waals surface area contributed by atoms with Crippen LogP contribution in [0.4, 0.5) is 5.69 Å². The molecule has 0 radical (unpaired) electrons. The van der Waals surface area contributed by atoms with Gasteiger partial charge >= 0.3 is 11.9 Å². The van der Waals surface area contributed by atoms with Crippen LogP contribution in [0.1, 0.15) is 51.8 Å². The van der Waals surface area contributed by atoms with Crippen LogP contribution in [-0.2, 0) is 0 Å². The van der Waals surface area contributed by atoms with E-state index in [-0.39, 0.29) is 28.8 Å². The van der Waals surface area contributed by atoms with Crippen LogP contribution < -0.4 is 5.32 Å². The zero-order chi connectivity index (χ0) is 24.4. The van der Waals surface area contributed by atoms with Crippen LogP contribution in [0.25, 0.3) is 0 Å². The molecule has 0 spiro atoms. The Kier molecular flexibility index (Phi) is 6.15. The van der Waals surface area contributed by atoms with Gasteiger partial charge in [0.05, 0.1) is 33.7 Å². The minimum absolute atomic E-state index is 0.121. The smallest absolute Gasteiger partial charge is 0.336 e. The maximum absolute atomic E-state index is 12.6. The lowest BCUT2D eigenvalue weighted by Gasteiger charge is -2.13. The summed E-state index contributed by atoms with van der Waals surface area (Å²) >= 11 is 1.27. The van der Waals surface area contributed by atoms with Crippen molar-refractivity contribution < 1.29 is 34.2 Å². The average Bonchev–Trinajstić information content (AvgIpc) is 3.07. The van der Waals surface area contributed by atoms with Gasteiger partial charge in [-0.25, -0.2) is 9.59 Å². The number of anilines is 1. The molecule has 0 saturated carbocycles. The number of carbonyl (C=O) groups excluding carboxylic acids is 3. The Morgan fingerprint density at radius 1 is 0.794 bits per heavy atom. The Balaban J connectivity index is 1.41. The SMILES string of the molecule is O=C(O)c1ccc(C(=O)Nc2ccc(SCN3C(=O)c4ccccc4C3=O)cc2)c(C(=O)O)c1. The highest BCUT2D eigenvalue weighted by molar-refractivity contribution is 7.99. The third-order valence-corrected chi connectivity index (χ3v) is 6.09. The van der Waals surface area contributed by atoms with Gasteiger partial charge in [0.2, 0.25) is 0 Å². The third kappa shape index (κ3) is 4.39. The van der Waals surface area contributed by atoms with Crippen molar-refractivity contribution in [1.29, 1.82) is 0 Å². The van der Waals surface area contributed by atoms with Gasteiger partial charge in [0.25, 0.3) is 17.7 Å². The molecule has 3 aromatic carbocycles. The molecule has 3 N–H and O–H groups in total. The number of rotatable bonds is 7. The first-order valence-electron chi connectivity index (χ1n) is 9.86. The van der Waals surface area contributed by atoms with E-state index in [2.05, 4.69) is 5.32 Å². The number of aromatic carboxylic acids is 2. The van der Waals surface area contributed by atoms with Crippen molar-refractivity contribution in [3.05, 3.63) is 94.5 Å². The number of benzene rings is 3. The van der Waals surface area contributed by atoms with Crippen molar-refractivity contribution in [3.63, 3.8) is 0 Å². The monoisotopic (exact) mass is 476 g/mol. The van der Waals surface area contributed by atoms with Gasteiger partial charge in [-0.05, 0) is 54.6 Å². The molecule has 1 aliphatic rings. The van der Waals surface area contributed by atoms with Crippen molar-refractivity contribution in [2.45, 2.75) is 4.90 Å². The van der Waals surface area contributed by atoms with Gasteiger partial charge < -0.3 is 15.5 Å². The molecule has 34 heavy (non-hydrogen) atoms. The van der Waals surface area contributed by atoms with Crippen LogP contribution in [-0.4, -0.2) is 50.6 Å². The number of fused-ring (bicyclic) bond motifs is 1. The van der Waals surface area contributed by atoms with E-state index in [0.717, 1.165) is 23.1 Å². The molecular formula is C24H16N2O7S. The highest BCUT2D eigenvalue weighted by Gasteiger charge is 2.34. The first-order chi connectivity index (χ1) is 16.3. The Morgan fingerprint density at radius 3 is 1.97 bits per heavy atom. The van der Waals surface area contributed by atoms with Crippen molar-refractivity contribution >= 4 is 47.1 Å². The van der Waals surface area contributed by atoms with Crippen LogP contribution in [0.2, 0.25) is 0 Å². The van der Waals surface area contributed by atoms with E-state index >= 15 is 0 Å². The summed E-state index contributed by atoms with van der Waals surface area (Å²) in [4.78, 5) is 61.9. The lowest BCUT2D eigenvalue weighted by Crippen LogP contribution is -2.29. The van der Waals surface area contributed by atoms with Crippen molar-refractivity contribution in [1.82, 2.24) is 4.90 Å². The van der Waals surface area contributed by atoms with Gasteiger partial charge in [0.15, 0.2) is 0 Å². The molecule has 10 heteroatoms. The average molecular weight is 476 g/mol. The van der Waals surface area contributed by atoms with Gasteiger partial charge in [-0.2, -0.15) is 0 Å². The van der Waals surface area contributed by atoms with Crippen molar-refractivity contribution in [2.75, 3.05) is 11.2 Å². The van der Waals surface area contributed by atoms with Gasteiger partial charge in [-0.3, -0.25) is 19.3 Å². The zero-order valence-electron chi connectivity index (χ0n) is 17.3. The Morgan fingerprint density at radius 2 is 1.41 bits per heavy atom. The molecule has 3 aromatic rings. The molecule has 0 unspecified atom stereocenters. The van der Waals surface area contributed by atoms with Crippen molar-refractivity contribution in [2.24, 2.45) is 0 Å². The van der Waals surface area contributed by atoms with Gasteiger partial charge in [-0.1, -0.05) is 12.1 Å². The van der Waals surface area contributed by atoms with Crippen LogP contribution >= 0.6 is 11.8 Å². The minimum atomic E-state index is -1.42. The summed E-state index contributed by atoms with van der Waals surface area (Å²) in [7, 11) is 0. The fourth-order valence-corrected chi connectivity index (χ4v) is 4.22. The highest BCUT2D eigenvalue weighted by atomic mass is 32.2. The van der Waals surface area contributed by atoms with Crippen LogP contribution in [0.5, 0.6) is 0 Å². The van der Waals surface area contributed by atoms with Gasteiger partial charge in [0, 0.05) is 10.6 Å². The molecule has 0 aromatic heterocycles. The molecule has 1 heterocycles. The van der Waals surface area contributed by atoms with E-state index < -0.39 is 23.4 Å². The molecule has 0 aliphatic carbocycles. The van der Waals surface area contributed by atoms with E-state index in [0.29, 0.717) is 16.8 Å². The van der Waals surface area contributed by atoms with Crippen LogP contribution in [0.3, 0.4) is 0 Å². The quantitative estimate of drug-likeness (QED) is 0.346. The molecule has 4 rings (SSSR count). The third-order valence-electron chi connectivity index (χ3n) is 5.09. The van der Waals surface area contributed by atoms with E-state index in [9.17, 15) is 29.1 Å². The normalized spacial score (nSPS) is 12.4. The maximum Gasteiger partial charge on any atom is 0.336 e. The largest absolute Gasteiger partial charge is 0.478 e. The molecule has 0 fully saturated rings. The number of carboxylic acid groups (broad SMARTS) is 2. The number of thioether (sulfide) groups is 1. The molecule has 0 bridgehead atoms. The number of nitrogens with zero attached hydrogens (tertiary/aromatic N) is 1. The Bertz CT molecular complexity index is 1320. The number of carboxylic acids is 2. The minimum Gasteiger partial charge on any atom is -0.478 e. The fraction of sp³-hybridized carbons (Fsp3) is 0.0417. The molecule has 0 atom stereocenters. The summed E-state index contributed by atoms with van der Waals surface area (Å²) in [5.41, 5.74) is 0.292. The van der Waals surface area contributed by atoms with E-state index in [4.69, 9.17) is 5.11 Å². The predicted molar refractivity (Wildman–Crippen MR) is 122 cm³/mol. The molecule has 3 amide bonds. The molecule has 170 valence electrons. The standard InChI is InChI=1S/C24H16N2O7S/c27-20(16-10-5-13(23(30)31)11-19(16)24(32)33)25-14-6-8-15(9-7-14)34-12-26-21(28)17-3-1-2-4-18(17)22(26)29/h1-11H,12H2,(H,25,27)(H,30,31)(H,32,33). The topological polar surface area (TPSA) is 141 Å². The van der Waals surface area contributed by atoms with Crippen molar-refractivity contribution in [3.8, 4) is 0 Å². The van der Waals surface area contributed by atoms with Crippen LogP contribution in [0.15, 0.2) is 71.6 Å². The summed E-state index contributed by atoms with van der Waals surface area (Å²) in [5, 5.41) is 20.9. The number of nitrogens with one attached hydrogen (secondary N) is 1. The summed E-state index contributed by atoms with van der Waals surface area (Å²) < 4.78 is 0. The Hall–Kier alpha value is -4.44. The second-order valence-corrected chi connectivity index (χ2v) is 8.22. The second kappa shape index (κ2) is 9.20. The first kappa shape index (κ1) is 22.7. The Labute approximate surface area is 197 Å². The number of carbonyl (C=O) groups is 5. The summed E-state index contributed by atoms with van der Waals surface area (Å²) in [6.45, 7) is 0. The molecule has 9 nitrogen and oxygen atoms in total. The molecular weight excluding hydrogens is 460 g/mol. The van der Waals surface area contributed by atoms with Crippen LogP contribution in [0, 0.1) is 0 Å². The predicted octanol–water partition coefficient (Wildman–Crippen LogP) is 3.68. The van der Waals surface area contributed by atoms with E-state index in [1.165, 1.54) is 16.7 Å². The second-order valence-electron chi connectivity index (χ2n) is 7.21. The zero-order valence-corrected chi connectivity index (χ0v) is 18.2. The lowest BCUT2D eigenvalue weighted by molar-refractivity contribution is 0.0671. The van der Waals surface area contributed by atoms with E-state index in [1.807, 2.05) is 0 Å². The van der Waals surface area contributed by atoms with Gasteiger partial charge in [-0.15, -0.1) is 11.8 Å². The fourth-order valence-electron chi connectivity index (χ4n) is 3.38. The lowest BCUT2D eigenvalue weighted by atomic mass is 10.0. The van der Waals surface area contributed by atoms with E-state index in [1.54, 1.807) is 48.5 Å². The highest BCUT2D eigenvalue weighted by Crippen LogP contribution is 2.28. The number of hydrogen-bond acceptors (Lipinski definition) is 6. The number of imide groups is 1. The number of hydrogen-bond donors (Lipinski definition) is 3. The first-order valence-corrected chi connectivity index (χ1v) is 10.8.